The Bertz CT molecular complexity index is 920. The minimum Gasteiger partial charge on any atom is -0.497 e. The number of rotatable bonds is 6. The van der Waals surface area contributed by atoms with Crippen molar-refractivity contribution < 1.29 is 9.84 Å². The van der Waals surface area contributed by atoms with Gasteiger partial charge in [0.25, 0.3) is 0 Å². The van der Waals surface area contributed by atoms with Gasteiger partial charge in [-0.3, -0.25) is 0 Å². The summed E-state index contributed by atoms with van der Waals surface area (Å²) in [6.07, 6.45) is 12.1. The monoisotopic (exact) mass is 522 g/mol. The molecule has 2 saturated heterocycles. The van der Waals surface area contributed by atoms with Crippen molar-refractivity contribution >= 4 is 35.6 Å². The predicted molar refractivity (Wildman–Crippen MR) is 151 cm³/mol. The van der Waals surface area contributed by atoms with Gasteiger partial charge in [0.2, 0.25) is 0 Å². The number of piperidine rings is 2. The number of likely N-dealkylation sites (tertiary alicyclic amines) is 2. The highest BCUT2D eigenvalue weighted by atomic mass is 35.5. The number of nitrogens with zero attached hydrogens (tertiary/aromatic N) is 2. The Morgan fingerprint density at radius 2 is 1.49 bits per heavy atom. The molecule has 1 aliphatic carbocycles. The van der Waals surface area contributed by atoms with Gasteiger partial charge in [0.15, 0.2) is 0 Å². The first-order valence-corrected chi connectivity index (χ1v) is 13.4. The van der Waals surface area contributed by atoms with Gasteiger partial charge in [0.1, 0.15) is 5.75 Å². The molecule has 35 heavy (non-hydrogen) atoms. The molecule has 2 aliphatic heterocycles. The topological polar surface area (TPSA) is 35.9 Å². The standard InChI is InChI=1S/C29H42N2O2.2ClH/c1-33-27-11-10-23-20-25(9-8-24(23)21-27)28(29(32)14-4-2-5-15-29)22-30-18-12-26(13-19-30)31-16-6-3-7-17-31;;/h8-11,20-21,26,28,32H,2-7,12-19,22H2,1H3;2*1H. The maximum absolute atomic E-state index is 11.9. The molecule has 4 nitrogen and oxygen atoms in total. The van der Waals surface area contributed by atoms with Crippen LogP contribution in [-0.4, -0.2) is 66.4 Å². The average molecular weight is 524 g/mol. The van der Waals surface area contributed by atoms with Gasteiger partial charge in [-0.05, 0) is 93.2 Å². The van der Waals surface area contributed by atoms with Crippen molar-refractivity contribution in [2.75, 3.05) is 39.8 Å². The fourth-order valence-electron chi connectivity index (χ4n) is 6.69. The highest BCUT2D eigenvalue weighted by Crippen LogP contribution is 2.41. The third kappa shape index (κ3) is 6.64. The molecule has 5 rings (SSSR count). The zero-order valence-corrected chi connectivity index (χ0v) is 22.9. The molecule has 0 radical (unpaired) electrons. The van der Waals surface area contributed by atoms with E-state index in [4.69, 9.17) is 4.74 Å². The van der Waals surface area contributed by atoms with Gasteiger partial charge < -0.3 is 19.6 Å². The molecule has 1 saturated carbocycles. The average Bonchev–Trinajstić information content (AvgIpc) is 2.88. The van der Waals surface area contributed by atoms with Crippen molar-refractivity contribution in [3.63, 3.8) is 0 Å². The van der Waals surface area contributed by atoms with Crippen LogP contribution in [0.25, 0.3) is 10.8 Å². The van der Waals surface area contributed by atoms with Crippen molar-refractivity contribution in [1.82, 2.24) is 9.80 Å². The summed E-state index contributed by atoms with van der Waals surface area (Å²) in [5, 5.41) is 14.3. The minimum absolute atomic E-state index is 0. The van der Waals surface area contributed by atoms with Gasteiger partial charge in [-0.15, -0.1) is 24.8 Å². The molecule has 3 fully saturated rings. The van der Waals surface area contributed by atoms with E-state index < -0.39 is 5.60 Å². The van der Waals surface area contributed by atoms with E-state index in [1.807, 2.05) is 6.07 Å². The highest BCUT2D eigenvalue weighted by molar-refractivity contribution is 5.86. The van der Waals surface area contributed by atoms with Crippen LogP contribution in [0.1, 0.15) is 75.7 Å². The smallest absolute Gasteiger partial charge is 0.119 e. The summed E-state index contributed by atoms with van der Waals surface area (Å²) in [6, 6.07) is 13.9. The summed E-state index contributed by atoms with van der Waals surface area (Å²) in [7, 11) is 1.72. The van der Waals surface area contributed by atoms with E-state index in [2.05, 4.69) is 40.1 Å². The van der Waals surface area contributed by atoms with E-state index in [9.17, 15) is 5.11 Å². The quantitative estimate of drug-likeness (QED) is 0.474. The molecule has 1 N–H and O–H groups in total. The molecule has 3 aliphatic rings. The largest absolute Gasteiger partial charge is 0.497 e. The lowest BCUT2D eigenvalue weighted by molar-refractivity contribution is -0.0343. The molecule has 1 unspecified atom stereocenters. The highest BCUT2D eigenvalue weighted by Gasteiger charge is 2.40. The summed E-state index contributed by atoms with van der Waals surface area (Å²) in [4.78, 5) is 5.40. The maximum Gasteiger partial charge on any atom is 0.119 e. The zero-order valence-electron chi connectivity index (χ0n) is 21.3. The summed E-state index contributed by atoms with van der Waals surface area (Å²) in [6.45, 7) is 5.91. The molecule has 0 bridgehead atoms. The van der Waals surface area contributed by atoms with Gasteiger partial charge >= 0.3 is 0 Å². The fourth-order valence-corrected chi connectivity index (χ4v) is 6.69. The van der Waals surface area contributed by atoms with Crippen LogP contribution < -0.4 is 4.74 Å². The lowest BCUT2D eigenvalue weighted by Gasteiger charge is -2.45. The SMILES string of the molecule is COc1ccc2cc(C(CN3CCC(N4CCCCC4)CC3)C3(O)CCCCC3)ccc2c1.Cl.Cl. The van der Waals surface area contributed by atoms with E-state index in [0.29, 0.717) is 0 Å². The number of hydrogen-bond acceptors (Lipinski definition) is 4. The predicted octanol–water partition coefficient (Wildman–Crippen LogP) is 6.42. The summed E-state index contributed by atoms with van der Waals surface area (Å²) in [5.74, 6) is 1.07. The first-order chi connectivity index (χ1) is 16.1. The molecule has 0 amide bonds. The Balaban J connectivity index is 0.00000171. The van der Waals surface area contributed by atoms with Crippen LogP contribution in [0.2, 0.25) is 0 Å². The van der Waals surface area contributed by atoms with E-state index in [1.165, 1.54) is 81.0 Å². The molecular formula is C29H44Cl2N2O2. The van der Waals surface area contributed by atoms with Gasteiger partial charge in [-0.2, -0.15) is 0 Å². The first-order valence-electron chi connectivity index (χ1n) is 13.4. The molecule has 2 aromatic carbocycles. The summed E-state index contributed by atoms with van der Waals surface area (Å²) < 4.78 is 5.41. The Morgan fingerprint density at radius 1 is 0.857 bits per heavy atom. The second kappa shape index (κ2) is 13.0. The zero-order chi connectivity index (χ0) is 22.7. The number of methoxy groups -OCH3 is 1. The van der Waals surface area contributed by atoms with Gasteiger partial charge in [0, 0.05) is 18.5 Å². The molecular weight excluding hydrogens is 479 g/mol. The van der Waals surface area contributed by atoms with Crippen LogP contribution in [0.3, 0.4) is 0 Å². The van der Waals surface area contributed by atoms with Crippen molar-refractivity contribution in [3.8, 4) is 5.75 Å². The van der Waals surface area contributed by atoms with Gasteiger partial charge in [-0.1, -0.05) is 49.9 Å². The van der Waals surface area contributed by atoms with Crippen molar-refractivity contribution in [1.29, 1.82) is 0 Å². The third-order valence-corrected chi connectivity index (χ3v) is 8.75. The van der Waals surface area contributed by atoms with Crippen LogP contribution in [0.5, 0.6) is 5.75 Å². The number of halogens is 2. The van der Waals surface area contributed by atoms with E-state index >= 15 is 0 Å². The minimum atomic E-state index is -0.581. The summed E-state index contributed by atoms with van der Waals surface area (Å²) >= 11 is 0. The molecule has 2 aromatic rings. The van der Waals surface area contributed by atoms with Crippen molar-refractivity contribution in [2.45, 2.75) is 81.8 Å². The second-order valence-corrected chi connectivity index (χ2v) is 10.8. The van der Waals surface area contributed by atoms with Gasteiger partial charge in [0.05, 0.1) is 12.7 Å². The van der Waals surface area contributed by atoms with E-state index in [0.717, 1.165) is 44.0 Å². The molecule has 0 aromatic heterocycles. The number of ether oxygens (including phenoxy) is 1. The second-order valence-electron chi connectivity index (χ2n) is 10.8. The van der Waals surface area contributed by atoms with Crippen LogP contribution in [0.4, 0.5) is 0 Å². The molecule has 6 heteroatoms. The van der Waals surface area contributed by atoms with E-state index in [-0.39, 0.29) is 30.7 Å². The van der Waals surface area contributed by atoms with Crippen LogP contribution in [0.15, 0.2) is 36.4 Å². The Morgan fingerprint density at radius 3 is 2.17 bits per heavy atom. The lowest BCUT2D eigenvalue weighted by Crippen LogP contribution is -2.50. The van der Waals surface area contributed by atoms with Crippen LogP contribution >= 0.6 is 24.8 Å². The number of aliphatic hydroxyl groups is 1. The fraction of sp³-hybridized carbons (Fsp3) is 0.655. The van der Waals surface area contributed by atoms with Crippen LogP contribution in [0, 0.1) is 0 Å². The van der Waals surface area contributed by atoms with Crippen LogP contribution in [-0.2, 0) is 0 Å². The Hall–Kier alpha value is -1.04. The number of benzene rings is 2. The first kappa shape index (κ1) is 28.5. The summed E-state index contributed by atoms with van der Waals surface area (Å²) in [5.41, 5.74) is 0.720. The molecule has 2 heterocycles. The third-order valence-electron chi connectivity index (χ3n) is 8.75. The molecule has 0 spiro atoms. The number of fused-ring (bicyclic) bond motifs is 1. The normalized spacial score (nSPS) is 22.7. The molecule has 1 atom stereocenters. The van der Waals surface area contributed by atoms with Crippen molar-refractivity contribution in [2.24, 2.45) is 0 Å². The van der Waals surface area contributed by atoms with Gasteiger partial charge in [-0.25, -0.2) is 0 Å². The maximum atomic E-state index is 11.9. The molecule has 196 valence electrons. The Kier molecular flexibility index (Phi) is 10.6. The number of hydrogen-bond donors (Lipinski definition) is 1. The Labute approximate surface area is 224 Å². The van der Waals surface area contributed by atoms with E-state index in [1.54, 1.807) is 7.11 Å². The lowest BCUT2D eigenvalue weighted by atomic mass is 9.72. The van der Waals surface area contributed by atoms with Crippen molar-refractivity contribution in [3.05, 3.63) is 42.0 Å².